The summed E-state index contributed by atoms with van der Waals surface area (Å²) in [6.45, 7) is 5.35. The second-order valence-corrected chi connectivity index (χ2v) is 17.5. The van der Waals surface area contributed by atoms with Crippen LogP contribution in [0, 0.1) is 0 Å². The monoisotopic (exact) mass is 894 g/mol. The van der Waals surface area contributed by atoms with Gasteiger partial charge in [-0.3, -0.25) is 33.5 Å². The quantitative estimate of drug-likeness (QED) is 0.153. The first-order chi connectivity index (χ1) is 30.5. The summed E-state index contributed by atoms with van der Waals surface area (Å²) in [5.74, 6) is -3.63. The second-order valence-electron chi connectivity index (χ2n) is 17.5. The minimum absolute atomic E-state index is 0.0249. The van der Waals surface area contributed by atoms with E-state index >= 15 is 0 Å². The van der Waals surface area contributed by atoms with Crippen molar-refractivity contribution in [1.29, 1.82) is 0 Å². The number of para-hydroxylation sites is 1. The molecule has 3 aliphatic heterocycles. The number of aryl methyl sites for hydroxylation is 1. The Morgan fingerprint density at radius 2 is 1.73 bits per heavy atom. The zero-order valence-corrected chi connectivity index (χ0v) is 36.5. The van der Waals surface area contributed by atoms with Crippen molar-refractivity contribution < 1.29 is 36.7 Å². The minimum atomic E-state index is -2.91. The number of imidazole rings is 1. The number of halogens is 4. The molecule has 0 bridgehead atoms. The average molecular weight is 895 g/mol. The van der Waals surface area contributed by atoms with Crippen LogP contribution in [0.1, 0.15) is 99.8 Å². The molecule has 1 saturated carbocycles. The maximum absolute atomic E-state index is 14.8. The van der Waals surface area contributed by atoms with Crippen LogP contribution in [0.3, 0.4) is 0 Å². The van der Waals surface area contributed by atoms with Gasteiger partial charge in [-0.1, -0.05) is 25.3 Å². The van der Waals surface area contributed by atoms with Crippen molar-refractivity contribution in [3.8, 4) is 0 Å². The summed E-state index contributed by atoms with van der Waals surface area (Å²) in [4.78, 5) is 59.9. The fourth-order valence-corrected chi connectivity index (χ4v) is 9.62. The molecule has 4 atom stereocenters. The lowest BCUT2D eigenvalue weighted by molar-refractivity contribution is -0.135. The Morgan fingerprint density at radius 3 is 2.41 bits per heavy atom. The van der Waals surface area contributed by atoms with Crippen LogP contribution in [0.5, 0.6) is 0 Å². The van der Waals surface area contributed by atoms with E-state index in [0.29, 0.717) is 47.8 Å². The van der Waals surface area contributed by atoms with Crippen molar-refractivity contribution >= 4 is 51.6 Å². The summed E-state index contributed by atoms with van der Waals surface area (Å²) in [7, 11) is 4.87. The lowest BCUT2D eigenvalue weighted by Crippen LogP contribution is -2.56. The molecule has 344 valence electrons. The van der Waals surface area contributed by atoms with Crippen molar-refractivity contribution in [2.75, 3.05) is 55.4 Å². The van der Waals surface area contributed by atoms with Gasteiger partial charge in [-0.05, 0) is 71.8 Å². The van der Waals surface area contributed by atoms with E-state index in [4.69, 9.17) is 4.74 Å². The molecular weight excluding hydrogens is 841 g/mol. The third-order valence-electron chi connectivity index (χ3n) is 12.6. The van der Waals surface area contributed by atoms with Crippen LogP contribution in [-0.4, -0.2) is 121 Å². The molecule has 9 rings (SSSR count). The maximum atomic E-state index is 14.8. The number of nitrogens with one attached hydrogen (secondary N) is 2. The summed E-state index contributed by atoms with van der Waals surface area (Å²) in [5.41, 5.74) is 1.30. The predicted octanol–water partition coefficient (Wildman–Crippen LogP) is 5.33. The third kappa shape index (κ3) is 8.83. The average Bonchev–Trinajstić information content (AvgIpc) is 3.94. The van der Waals surface area contributed by atoms with E-state index < -0.39 is 54.2 Å². The standard InChI is InChI=1S/C23H29F2N7O2.C20H25F2N5O3/c1-14-11-30(12-15(2)34-14)19-8-9-31-22(28-19)17(10-26-31)23(33)27-18-13-32(29-20(18)21(24)25)16-6-4-3-5-7-16;1-24(2)15-9-10-26(11-20(15,21)22)12-5-4-6-13-17(12)25(3)19(30)27(13)14-7-8-16(28)23-18(14)29/h8-10,13-16,21H,3-7,11-12H2,1-2H3,(H,27,33);4-6,14-15H,7-11H2,1-3H3,(H,23,28,29). The molecule has 3 amide bonds. The highest BCUT2D eigenvalue weighted by atomic mass is 19.3. The fraction of sp³-hybridized carbons (Fsp3) is 0.558. The van der Waals surface area contributed by atoms with E-state index in [9.17, 15) is 36.7 Å². The van der Waals surface area contributed by atoms with Crippen molar-refractivity contribution in [2.24, 2.45) is 7.05 Å². The van der Waals surface area contributed by atoms with Crippen molar-refractivity contribution in [2.45, 2.75) is 108 Å². The van der Waals surface area contributed by atoms with Gasteiger partial charge in [0.1, 0.15) is 17.4 Å². The molecule has 2 N–H and O–H groups in total. The molecule has 1 aromatic carbocycles. The highest BCUT2D eigenvalue weighted by Gasteiger charge is 2.46. The molecular formula is C43H54F4N12O5. The Kier molecular flexibility index (Phi) is 12.6. The number of morpholine rings is 1. The molecule has 0 radical (unpaired) electrons. The zero-order chi connectivity index (χ0) is 45.6. The third-order valence-corrected chi connectivity index (χ3v) is 12.6. The van der Waals surface area contributed by atoms with Gasteiger partial charge in [-0.25, -0.2) is 31.9 Å². The number of carbonyl (C=O) groups excluding carboxylic acids is 3. The summed E-state index contributed by atoms with van der Waals surface area (Å²) in [5, 5.41) is 13.2. The number of piperidine rings is 2. The molecule has 64 heavy (non-hydrogen) atoms. The number of hydrogen-bond donors (Lipinski definition) is 2. The number of hydrogen-bond acceptors (Lipinski definition) is 11. The topological polar surface area (TPSA) is 169 Å². The molecule has 7 heterocycles. The molecule has 4 aromatic heterocycles. The number of amides is 3. The van der Waals surface area contributed by atoms with Gasteiger partial charge in [-0.2, -0.15) is 10.2 Å². The van der Waals surface area contributed by atoms with Crippen LogP contribution in [-0.2, 0) is 21.4 Å². The van der Waals surface area contributed by atoms with Crippen molar-refractivity contribution in [3.63, 3.8) is 0 Å². The van der Waals surface area contributed by atoms with Crippen LogP contribution in [0.2, 0.25) is 0 Å². The molecule has 4 unspecified atom stereocenters. The number of aromatic nitrogens is 7. The van der Waals surface area contributed by atoms with E-state index in [1.807, 2.05) is 19.9 Å². The van der Waals surface area contributed by atoms with E-state index in [1.165, 1.54) is 26.0 Å². The number of nitrogens with zero attached hydrogens (tertiary/aromatic N) is 10. The van der Waals surface area contributed by atoms with E-state index in [1.54, 1.807) is 60.0 Å². The van der Waals surface area contributed by atoms with Crippen LogP contribution in [0.25, 0.3) is 16.7 Å². The Bertz CT molecular complexity index is 2590. The minimum Gasteiger partial charge on any atom is -0.372 e. The van der Waals surface area contributed by atoms with E-state index in [2.05, 4.69) is 30.7 Å². The summed E-state index contributed by atoms with van der Waals surface area (Å²) >= 11 is 0. The largest absolute Gasteiger partial charge is 0.372 e. The molecule has 4 fully saturated rings. The normalized spacial score (nSPS) is 23.2. The fourth-order valence-electron chi connectivity index (χ4n) is 9.62. The van der Waals surface area contributed by atoms with Gasteiger partial charge in [0, 0.05) is 45.5 Å². The van der Waals surface area contributed by atoms with Gasteiger partial charge >= 0.3 is 5.69 Å². The SMILES string of the molecule is CC1CN(c2ccn3ncc(C(=O)Nc4cn(C5CCCCC5)nc4C(F)F)c3n2)CC(C)O1.CN(C)C1CCN(c2cccc3c2n(C)c(=O)n3C2CCC(=O)NC2=O)CC1(F)F. The highest BCUT2D eigenvalue weighted by molar-refractivity contribution is 6.08. The molecule has 1 aliphatic carbocycles. The van der Waals surface area contributed by atoms with E-state index in [-0.39, 0.29) is 54.7 Å². The highest BCUT2D eigenvalue weighted by Crippen LogP contribution is 2.37. The second kappa shape index (κ2) is 18.0. The van der Waals surface area contributed by atoms with Gasteiger partial charge in [0.2, 0.25) is 11.8 Å². The number of ether oxygens (including phenoxy) is 1. The molecule has 4 aliphatic rings. The number of rotatable bonds is 8. The lowest BCUT2D eigenvalue weighted by Gasteiger charge is -2.42. The van der Waals surface area contributed by atoms with Crippen LogP contribution in [0.4, 0.5) is 34.8 Å². The van der Waals surface area contributed by atoms with E-state index in [0.717, 1.165) is 32.1 Å². The first-order valence-corrected chi connectivity index (χ1v) is 21.8. The first kappa shape index (κ1) is 44.8. The molecule has 17 nitrogen and oxygen atoms in total. The van der Waals surface area contributed by atoms with Crippen LogP contribution < -0.4 is 26.1 Å². The number of anilines is 3. The van der Waals surface area contributed by atoms with Gasteiger partial charge < -0.3 is 24.8 Å². The predicted molar refractivity (Wildman–Crippen MR) is 230 cm³/mol. The van der Waals surface area contributed by atoms with Crippen molar-refractivity contribution in [3.05, 3.63) is 64.6 Å². The number of benzene rings is 1. The van der Waals surface area contributed by atoms with Gasteiger partial charge in [0.15, 0.2) is 11.3 Å². The van der Waals surface area contributed by atoms with Crippen LogP contribution >= 0.6 is 0 Å². The lowest BCUT2D eigenvalue weighted by atomic mass is 9.96. The van der Waals surface area contributed by atoms with Gasteiger partial charge in [0.05, 0.1) is 59.4 Å². The molecule has 3 saturated heterocycles. The number of imide groups is 1. The number of alkyl halides is 4. The summed E-state index contributed by atoms with van der Waals surface area (Å²) in [6.07, 6.45) is 7.69. The molecule has 0 spiro atoms. The zero-order valence-electron chi connectivity index (χ0n) is 36.5. The Balaban J connectivity index is 0.000000176. The van der Waals surface area contributed by atoms with Gasteiger partial charge in [-0.15, -0.1) is 0 Å². The Hall–Kier alpha value is -5.83. The number of fused-ring (bicyclic) bond motifs is 2. The van der Waals surface area contributed by atoms with Crippen molar-refractivity contribution in [1.82, 2.24) is 43.7 Å². The summed E-state index contributed by atoms with van der Waals surface area (Å²) in [6, 6.07) is 5.40. The molecule has 5 aromatic rings. The maximum Gasteiger partial charge on any atom is 0.329 e. The summed E-state index contributed by atoms with van der Waals surface area (Å²) < 4.78 is 68.6. The van der Waals surface area contributed by atoms with Crippen LogP contribution in [0.15, 0.2) is 47.7 Å². The number of carbonyl (C=O) groups is 3. The Labute approximate surface area is 366 Å². The smallest absolute Gasteiger partial charge is 0.329 e. The first-order valence-electron chi connectivity index (χ1n) is 21.8. The molecule has 21 heteroatoms. The Morgan fingerprint density at radius 1 is 1.00 bits per heavy atom. The van der Waals surface area contributed by atoms with Gasteiger partial charge in [0.25, 0.3) is 18.3 Å².